The van der Waals surface area contributed by atoms with Crippen LogP contribution in [-0.2, 0) is 16.3 Å². The lowest BCUT2D eigenvalue weighted by atomic mass is 10.1. The molecule has 4 aromatic rings. The first kappa shape index (κ1) is 17.5. The molecule has 138 valence electrons. The first-order chi connectivity index (χ1) is 12.9. The second-order valence-corrected chi connectivity index (χ2v) is 8.73. The van der Waals surface area contributed by atoms with E-state index in [0.29, 0.717) is 23.3 Å². The maximum absolute atomic E-state index is 11.8. The van der Waals surface area contributed by atoms with Crippen molar-refractivity contribution < 1.29 is 8.42 Å². The van der Waals surface area contributed by atoms with Crippen LogP contribution in [0.3, 0.4) is 0 Å². The third-order valence-electron chi connectivity index (χ3n) is 4.64. The summed E-state index contributed by atoms with van der Waals surface area (Å²) in [5.41, 5.74) is 4.30. The van der Waals surface area contributed by atoms with Crippen LogP contribution >= 0.6 is 0 Å². The molecule has 0 saturated heterocycles. The minimum atomic E-state index is -3.28. The van der Waals surface area contributed by atoms with Gasteiger partial charge in [0.15, 0.2) is 9.84 Å². The molecule has 2 heterocycles. The van der Waals surface area contributed by atoms with Gasteiger partial charge in [0.1, 0.15) is 12.1 Å². The molecule has 2 N–H and O–H groups in total. The van der Waals surface area contributed by atoms with E-state index < -0.39 is 9.84 Å². The molecule has 2 aromatic heterocycles. The number of anilines is 1. The van der Waals surface area contributed by atoms with Gasteiger partial charge in [-0.1, -0.05) is 12.1 Å². The predicted molar refractivity (Wildman–Crippen MR) is 108 cm³/mol. The Bertz CT molecular complexity index is 1250. The lowest BCUT2D eigenvalue weighted by Crippen LogP contribution is -2.07. The van der Waals surface area contributed by atoms with Crippen molar-refractivity contribution >= 4 is 37.5 Å². The van der Waals surface area contributed by atoms with E-state index in [1.807, 2.05) is 6.20 Å². The van der Waals surface area contributed by atoms with Crippen molar-refractivity contribution in [3.05, 3.63) is 60.0 Å². The molecule has 0 aliphatic heterocycles. The van der Waals surface area contributed by atoms with Crippen molar-refractivity contribution in [3.8, 4) is 0 Å². The highest BCUT2D eigenvalue weighted by atomic mass is 32.2. The SMILES string of the molecule is Cc1ccc2c(CCNc3ncnc4ccc(S(C)(=O)=O)cc34)c[nH]c2c1. The number of benzene rings is 2. The first-order valence-electron chi connectivity index (χ1n) is 8.67. The second kappa shape index (κ2) is 6.66. The Morgan fingerprint density at radius 2 is 1.93 bits per heavy atom. The fourth-order valence-electron chi connectivity index (χ4n) is 3.23. The molecule has 0 amide bonds. The number of rotatable bonds is 5. The molecule has 2 aromatic carbocycles. The van der Waals surface area contributed by atoms with E-state index >= 15 is 0 Å². The Balaban J connectivity index is 1.58. The molecule has 0 aliphatic carbocycles. The molecule has 0 unspecified atom stereocenters. The highest BCUT2D eigenvalue weighted by Crippen LogP contribution is 2.24. The lowest BCUT2D eigenvalue weighted by Gasteiger charge is -2.09. The van der Waals surface area contributed by atoms with Gasteiger partial charge in [0.05, 0.1) is 10.4 Å². The van der Waals surface area contributed by atoms with Crippen LogP contribution in [0.15, 0.2) is 53.8 Å². The van der Waals surface area contributed by atoms with Crippen LogP contribution in [0.25, 0.3) is 21.8 Å². The molecule has 0 bridgehead atoms. The van der Waals surface area contributed by atoms with Gasteiger partial charge in [-0.15, -0.1) is 0 Å². The summed E-state index contributed by atoms with van der Waals surface area (Å²) in [6, 6.07) is 11.3. The van der Waals surface area contributed by atoms with E-state index in [0.717, 1.165) is 11.9 Å². The smallest absolute Gasteiger partial charge is 0.175 e. The topological polar surface area (TPSA) is 87.7 Å². The Hall–Kier alpha value is -2.93. The lowest BCUT2D eigenvalue weighted by molar-refractivity contribution is 0.602. The van der Waals surface area contributed by atoms with E-state index in [2.05, 4.69) is 45.4 Å². The number of sulfone groups is 1. The molecule has 0 spiro atoms. The zero-order valence-electron chi connectivity index (χ0n) is 15.2. The molecule has 7 heteroatoms. The van der Waals surface area contributed by atoms with Gasteiger partial charge in [0.25, 0.3) is 0 Å². The third kappa shape index (κ3) is 3.50. The van der Waals surface area contributed by atoms with Gasteiger partial charge in [-0.25, -0.2) is 18.4 Å². The highest BCUT2D eigenvalue weighted by molar-refractivity contribution is 7.90. The van der Waals surface area contributed by atoms with E-state index in [9.17, 15) is 8.42 Å². The number of hydrogen-bond acceptors (Lipinski definition) is 5. The zero-order chi connectivity index (χ0) is 19.0. The predicted octanol–water partition coefficient (Wildman–Crippen LogP) is 3.48. The third-order valence-corrected chi connectivity index (χ3v) is 5.75. The van der Waals surface area contributed by atoms with Crippen LogP contribution < -0.4 is 5.32 Å². The number of aromatic amines is 1. The van der Waals surface area contributed by atoms with E-state index in [-0.39, 0.29) is 4.90 Å². The maximum Gasteiger partial charge on any atom is 0.175 e. The standard InChI is InChI=1S/C20H20N4O2S/c1-13-3-5-16-14(11-22-19(16)9-13)7-8-21-20-17-10-15(27(2,25)26)4-6-18(17)23-12-24-20/h3-6,9-12,22H,7-8H2,1-2H3,(H,21,23,24). The molecule has 6 nitrogen and oxygen atoms in total. The minimum Gasteiger partial charge on any atom is -0.369 e. The number of nitrogens with one attached hydrogen (secondary N) is 2. The van der Waals surface area contributed by atoms with Crippen LogP contribution in [-0.4, -0.2) is 36.2 Å². The molecular weight excluding hydrogens is 360 g/mol. The second-order valence-electron chi connectivity index (χ2n) is 6.71. The average Bonchev–Trinajstić information content (AvgIpc) is 3.03. The van der Waals surface area contributed by atoms with Crippen LogP contribution in [0.5, 0.6) is 0 Å². The van der Waals surface area contributed by atoms with Crippen LogP contribution in [0, 0.1) is 6.92 Å². The molecule has 27 heavy (non-hydrogen) atoms. The Morgan fingerprint density at radius 3 is 2.74 bits per heavy atom. The minimum absolute atomic E-state index is 0.264. The van der Waals surface area contributed by atoms with Crippen molar-refractivity contribution in [2.45, 2.75) is 18.2 Å². The number of nitrogens with zero attached hydrogens (tertiary/aromatic N) is 2. The normalized spacial score (nSPS) is 11.9. The summed E-state index contributed by atoms with van der Waals surface area (Å²) in [6.07, 6.45) is 5.54. The van der Waals surface area contributed by atoms with E-state index in [1.165, 1.54) is 29.1 Å². The molecule has 0 fully saturated rings. The number of fused-ring (bicyclic) bond motifs is 2. The molecule has 0 saturated carbocycles. The van der Waals surface area contributed by atoms with Gasteiger partial charge in [-0.05, 0) is 48.7 Å². The summed E-state index contributed by atoms with van der Waals surface area (Å²) >= 11 is 0. The fourth-order valence-corrected chi connectivity index (χ4v) is 3.88. The summed E-state index contributed by atoms with van der Waals surface area (Å²) in [6.45, 7) is 2.75. The van der Waals surface area contributed by atoms with E-state index in [4.69, 9.17) is 0 Å². The monoisotopic (exact) mass is 380 g/mol. The summed E-state index contributed by atoms with van der Waals surface area (Å²) < 4.78 is 23.7. The fraction of sp³-hybridized carbons (Fsp3) is 0.200. The van der Waals surface area contributed by atoms with Crippen molar-refractivity contribution in [1.29, 1.82) is 0 Å². The maximum atomic E-state index is 11.8. The van der Waals surface area contributed by atoms with Crippen LogP contribution in [0.2, 0.25) is 0 Å². The Labute approximate surface area is 157 Å². The van der Waals surface area contributed by atoms with Crippen molar-refractivity contribution in [3.63, 3.8) is 0 Å². The highest BCUT2D eigenvalue weighted by Gasteiger charge is 2.11. The molecule has 4 rings (SSSR count). The summed E-state index contributed by atoms with van der Waals surface area (Å²) in [4.78, 5) is 12.1. The number of hydrogen-bond donors (Lipinski definition) is 2. The van der Waals surface area contributed by atoms with Gasteiger partial charge in [0.2, 0.25) is 0 Å². The Morgan fingerprint density at radius 1 is 1.07 bits per heavy atom. The van der Waals surface area contributed by atoms with Gasteiger partial charge in [-0.3, -0.25) is 0 Å². The summed E-state index contributed by atoms with van der Waals surface area (Å²) in [5, 5.41) is 5.24. The van der Waals surface area contributed by atoms with Gasteiger partial charge in [-0.2, -0.15) is 0 Å². The molecule has 0 radical (unpaired) electrons. The molecule has 0 aliphatic rings. The quantitative estimate of drug-likeness (QED) is 0.553. The van der Waals surface area contributed by atoms with Crippen molar-refractivity contribution in [2.24, 2.45) is 0 Å². The molecular formula is C20H20N4O2S. The largest absolute Gasteiger partial charge is 0.369 e. The van der Waals surface area contributed by atoms with Crippen molar-refractivity contribution in [1.82, 2.24) is 15.0 Å². The Kier molecular flexibility index (Phi) is 4.31. The first-order valence-corrected chi connectivity index (χ1v) is 10.6. The average molecular weight is 380 g/mol. The van der Waals surface area contributed by atoms with Gasteiger partial charge in [0, 0.05) is 35.3 Å². The van der Waals surface area contributed by atoms with E-state index in [1.54, 1.807) is 18.2 Å². The summed E-state index contributed by atoms with van der Waals surface area (Å²) in [5.74, 6) is 0.640. The zero-order valence-corrected chi connectivity index (χ0v) is 16.0. The van der Waals surface area contributed by atoms with Crippen LogP contribution in [0.1, 0.15) is 11.1 Å². The van der Waals surface area contributed by atoms with Gasteiger partial charge >= 0.3 is 0 Å². The molecule has 0 atom stereocenters. The van der Waals surface area contributed by atoms with Gasteiger partial charge < -0.3 is 10.3 Å². The number of aromatic nitrogens is 3. The number of H-pyrrole nitrogens is 1. The summed E-state index contributed by atoms with van der Waals surface area (Å²) in [7, 11) is -3.28. The van der Waals surface area contributed by atoms with Crippen LogP contribution in [0.4, 0.5) is 5.82 Å². The number of aryl methyl sites for hydroxylation is 1. The van der Waals surface area contributed by atoms with Crippen molar-refractivity contribution in [2.75, 3.05) is 18.1 Å².